The van der Waals surface area contributed by atoms with Gasteiger partial charge in [-0.15, -0.1) is 0 Å². The number of aromatic nitrogens is 1. The van der Waals surface area contributed by atoms with Crippen LogP contribution in [0.4, 0.5) is 13.2 Å². The number of hydrogen-bond donors (Lipinski definition) is 1. The van der Waals surface area contributed by atoms with E-state index >= 15 is 0 Å². The Hall–Kier alpha value is -2.35. The van der Waals surface area contributed by atoms with Gasteiger partial charge in [0.05, 0.1) is 11.6 Å². The van der Waals surface area contributed by atoms with Crippen LogP contribution in [-0.2, 0) is 10.2 Å². The number of benzene rings is 1. The molecule has 1 aromatic carbocycles. The Balaban J connectivity index is 2.34. The van der Waals surface area contributed by atoms with Gasteiger partial charge in [-0.05, 0) is 30.7 Å². The van der Waals surface area contributed by atoms with Gasteiger partial charge in [0.15, 0.2) is 5.41 Å². The van der Waals surface area contributed by atoms with Gasteiger partial charge in [-0.3, -0.25) is 9.78 Å². The van der Waals surface area contributed by atoms with Crippen LogP contribution in [-0.4, -0.2) is 33.3 Å². The van der Waals surface area contributed by atoms with Crippen molar-refractivity contribution < 1.29 is 18.0 Å². The summed E-state index contributed by atoms with van der Waals surface area (Å²) in [6.45, 7) is 1.24. The maximum atomic E-state index is 14.1. The van der Waals surface area contributed by atoms with Gasteiger partial charge in [0.25, 0.3) is 5.91 Å². The van der Waals surface area contributed by atoms with Gasteiger partial charge in [-0.1, -0.05) is 12.1 Å². The topological polar surface area (TPSA) is 71.6 Å². The van der Waals surface area contributed by atoms with E-state index in [0.29, 0.717) is 15.4 Å². The number of nitrogens with zero attached hydrogens (tertiary/aromatic N) is 3. The van der Waals surface area contributed by atoms with Gasteiger partial charge in [0.2, 0.25) is 0 Å². The lowest BCUT2D eigenvalue weighted by molar-refractivity contribution is -0.177. The van der Waals surface area contributed by atoms with Crippen molar-refractivity contribution in [2.75, 3.05) is 0 Å². The zero-order valence-electron chi connectivity index (χ0n) is 12.4. The molecule has 2 aromatic rings. The quantitative estimate of drug-likeness (QED) is 0.841. The zero-order valence-corrected chi connectivity index (χ0v) is 13.1. The van der Waals surface area contributed by atoms with Crippen molar-refractivity contribution in [3.63, 3.8) is 0 Å². The van der Waals surface area contributed by atoms with Crippen LogP contribution in [0, 0.1) is 0 Å². The van der Waals surface area contributed by atoms with Crippen LogP contribution < -0.4 is 5.73 Å². The Morgan fingerprint density at radius 3 is 2.71 bits per heavy atom. The molecule has 9 heteroatoms. The number of halogens is 4. The molecule has 2 unspecified atom stereocenters. The highest BCUT2D eigenvalue weighted by atomic mass is 35.5. The van der Waals surface area contributed by atoms with Crippen molar-refractivity contribution in [2.24, 2.45) is 10.8 Å². The number of nitrogens with two attached hydrogens (primary N) is 1. The largest absolute Gasteiger partial charge is 0.406 e. The van der Waals surface area contributed by atoms with E-state index in [2.05, 4.69) is 10.1 Å². The standard InChI is InChI=1S/C15H12ClF3N4O/c1-8-14(15(17,18)19,12(13(20)24)22-23(8)16)10-4-5-11-9(7-10)3-2-6-21-11/h2-8H,1H3,(H2,20,24). The number of alkyl halides is 3. The van der Waals surface area contributed by atoms with Gasteiger partial charge in [-0.25, -0.2) is 4.53 Å². The van der Waals surface area contributed by atoms with Crippen molar-refractivity contribution in [1.29, 1.82) is 0 Å². The fourth-order valence-electron chi connectivity index (χ4n) is 3.10. The molecule has 1 aromatic heterocycles. The predicted molar refractivity (Wildman–Crippen MR) is 83.3 cm³/mol. The Morgan fingerprint density at radius 2 is 2.08 bits per heavy atom. The van der Waals surface area contributed by atoms with Gasteiger partial charge in [0, 0.05) is 23.4 Å². The van der Waals surface area contributed by atoms with E-state index in [9.17, 15) is 18.0 Å². The summed E-state index contributed by atoms with van der Waals surface area (Å²) in [5.41, 5.74) is 2.00. The number of amides is 1. The molecule has 126 valence electrons. The lowest BCUT2D eigenvalue weighted by Gasteiger charge is -2.36. The molecule has 1 aliphatic rings. The maximum Gasteiger partial charge on any atom is 0.406 e. The fraction of sp³-hybridized carbons (Fsp3) is 0.267. The summed E-state index contributed by atoms with van der Waals surface area (Å²) in [5.74, 6) is -1.27. The summed E-state index contributed by atoms with van der Waals surface area (Å²) in [6.07, 6.45) is -3.30. The Labute approximate surface area is 140 Å². The molecular formula is C15H12ClF3N4O. The number of carbonyl (C=O) groups is 1. The smallest absolute Gasteiger partial charge is 0.364 e. The predicted octanol–water partition coefficient (Wildman–Crippen LogP) is 2.73. The highest BCUT2D eigenvalue weighted by molar-refractivity contribution is 6.43. The number of pyridine rings is 1. The summed E-state index contributed by atoms with van der Waals surface area (Å²) in [4.78, 5) is 15.8. The number of hydrazone groups is 1. The van der Waals surface area contributed by atoms with Crippen molar-refractivity contribution in [3.05, 3.63) is 42.1 Å². The Bertz CT molecular complexity index is 854. The van der Waals surface area contributed by atoms with Crippen LogP contribution >= 0.6 is 11.8 Å². The van der Waals surface area contributed by atoms with E-state index in [1.807, 2.05) is 0 Å². The van der Waals surface area contributed by atoms with Crippen LogP contribution in [0.3, 0.4) is 0 Å². The number of primary amides is 1. The average Bonchev–Trinajstić information content (AvgIpc) is 2.79. The van der Waals surface area contributed by atoms with Crippen molar-refractivity contribution in [1.82, 2.24) is 9.51 Å². The number of hydrogen-bond acceptors (Lipinski definition) is 4. The van der Waals surface area contributed by atoms with Crippen LogP contribution in [0.25, 0.3) is 10.9 Å². The first kappa shape index (κ1) is 16.5. The van der Waals surface area contributed by atoms with E-state index in [4.69, 9.17) is 17.5 Å². The van der Waals surface area contributed by atoms with Gasteiger partial charge >= 0.3 is 6.18 Å². The monoisotopic (exact) mass is 356 g/mol. The van der Waals surface area contributed by atoms with E-state index in [-0.39, 0.29) is 5.56 Å². The van der Waals surface area contributed by atoms with Gasteiger partial charge in [0.1, 0.15) is 5.71 Å². The Kier molecular flexibility index (Phi) is 3.67. The van der Waals surface area contributed by atoms with Crippen LogP contribution in [0.5, 0.6) is 0 Å². The summed E-state index contributed by atoms with van der Waals surface area (Å²) >= 11 is 5.79. The summed E-state index contributed by atoms with van der Waals surface area (Å²) in [7, 11) is 0. The maximum absolute atomic E-state index is 14.1. The third-order valence-electron chi connectivity index (χ3n) is 4.25. The van der Waals surface area contributed by atoms with Crippen LogP contribution in [0.2, 0.25) is 0 Å². The number of fused-ring (bicyclic) bond motifs is 1. The lowest BCUT2D eigenvalue weighted by Crippen LogP contribution is -2.58. The molecular weight excluding hydrogens is 345 g/mol. The number of rotatable bonds is 2. The highest BCUT2D eigenvalue weighted by Crippen LogP contribution is 2.50. The molecule has 0 saturated carbocycles. The molecule has 1 aliphatic heterocycles. The minimum absolute atomic E-state index is 0.163. The minimum atomic E-state index is -4.83. The van der Waals surface area contributed by atoms with Crippen molar-refractivity contribution in [3.8, 4) is 0 Å². The molecule has 2 N–H and O–H groups in total. The van der Waals surface area contributed by atoms with Gasteiger partial charge in [-0.2, -0.15) is 18.3 Å². The van der Waals surface area contributed by atoms with E-state index in [0.717, 1.165) is 0 Å². The summed E-state index contributed by atoms with van der Waals surface area (Å²) < 4.78 is 43.0. The molecule has 0 aliphatic carbocycles. The van der Waals surface area contributed by atoms with Crippen LogP contribution in [0.1, 0.15) is 12.5 Å². The molecule has 0 fully saturated rings. The normalized spacial score (nSPS) is 24.3. The molecule has 1 amide bonds. The first-order chi connectivity index (χ1) is 11.2. The van der Waals surface area contributed by atoms with E-state index in [1.54, 1.807) is 12.1 Å². The second kappa shape index (κ2) is 5.34. The highest BCUT2D eigenvalue weighted by Gasteiger charge is 2.68. The first-order valence-corrected chi connectivity index (χ1v) is 7.29. The molecule has 0 saturated heterocycles. The van der Waals surface area contributed by atoms with Crippen molar-refractivity contribution >= 4 is 34.3 Å². The molecule has 2 heterocycles. The van der Waals surface area contributed by atoms with Crippen molar-refractivity contribution in [2.45, 2.75) is 24.6 Å². The molecule has 0 spiro atoms. The summed E-state index contributed by atoms with van der Waals surface area (Å²) in [6, 6.07) is 5.96. The molecule has 0 radical (unpaired) electrons. The molecule has 0 bridgehead atoms. The third kappa shape index (κ3) is 2.13. The number of carbonyl (C=O) groups excluding carboxylic acids is 1. The molecule has 24 heavy (non-hydrogen) atoms. The summed E-state index contributed by atoms with van der Waals surface area (Å²) in [5, 5.41) is 4.05. The average molecular weight is 357 g/mol. The second-order valence-corrected chi connectivity index (χ2v) is 5.84. The Morgan fingerprint density at radius 1 is 1.38 bits per heavy atom. The lowest BCUT2D eigenvalue weighted by atomic mass is 9.70. The van der Waals surface area contributed by atoms with E-state index in [1.165, 1.54) is 31.3 Å². The molecule has 2 atom stereocenters. The van der Waals surface area contributed by atoms with Crippen LogP contribution in [0.15, 0.2) is 41.6 Å². The zero-order chi connectivity index (χ0) is 17.7. The fourth-order valence-corrected chi connectivity index (χ4v) is 3.32. The molecule has 3 rings (SSSR count). The van der Waals surface area contributed by atoms with Gasteiger partial charge < -0.3 is 5.73 Å². The SMILES string of the molecule is CC1N(Cl)N=C(C(N)=O)C1(c1ccc2ncccc2c1)C(F)(F)F. The van der Waals surface area contributed by atoms with E-state index < -0.39 is 29.3 Å². The third-order valence-corrected chi connectivity index (χ3v) is 4.62. The first-order valence-electron chi connectivity index (χ1n) is 6.95. The minimum Gasteiger partial charge on any atom is -0.364 e. The second-order valence-electron chi connectivity index (χ2n) is 5.49. The molecule has 5 nitrogen and oxygen atoms in total.